The van der Waals surface area contributed by atoms with Gasteiger partial charge >= 0.3 is 0 Å². The van der Waals surface area contributed by atoms with Crippen LogP contribution in [0.2, 0.25) is 0 Å². The molecule has 6 rings (SSSR count). The molecule has 5 aromatic carbocycles. The molecule has 0 aliphatic heterocycles. The van der Waals surface area contributed by atoms with Gasteiger partial charge in [0.15, 0.2) is 0 Å². The van der Waals surface area contributed by atoms with E-state index in [-0.39, 0.29) is 5.92 Å². The number of nitrogens with one attached hydrogen (secondary N) is 1. The van der Waals surface area contributed by atoms with E-state index in [0.717, 1.165) is 65.0 Å². The van der Waals surface area contributed by atoms with E-state index >= 15 is 0 Å². The monoisotopic (exact) mass is 780 g/mol. The molecule has 0 spiro atoms. The van der Waals surface area contributed by atoms with E-state index in [9.17, 15) is 0 Å². The van der Waals surface area contributed by atoms with Crippen LogP contribution in [0.1, 0.15) is 55.7 Å². The van der Waals surface area contributed by atoms with Gasteiger partial charge in [-0.1, -0.05) is 134 Å². The molecule has 1 unspecified atom stereocenters. The van der Waals surface area contributed by atoms with Gasteiger partial charge in [0.1, 0.15) is 17.3 Å². The summed E-state index contributed by atoms with van der Waals surface area (Å²) in [4.78, 5) is 2.31. The molecule has 1 atom stereocenters. The molecule has 1 aliphatic rings. The summed E-state index contributed by atoms with van der Waals surface area (Å²) in [7, 11) is 1.67. The molecule has 59 heavy (non-hydrogen) atoms. The number of anilines is 3. The van der Waals surface area contributed by atoms with Gasteiger partial charge in [-0.25, -0.2) is 0 Å². The largest absolute Gasteiger partial charge is 0.497 e. The number of hydrogen-bond acceptors (Lipinski definition) is 4. The van der Waals surface area contributed by atoms with Gasteiger partial charge in [-0.15, -0.1) is 6.58 Å². The minimum atomic E-state index is 0.231. The molecule has 4 nitrogen and oxygen atoms in total. The summed E-state index contributed by atoms with van der Waals surface area (Å²) in [5.41, 5.74) is 9.15. The first-order valence-electron chi connectivity index (χ1n) is 20.3. The molecular formula is C55H60N2O2. The van der Waals surface area contributed by atoms with Gasteiger partial charge in [-0.3, -0.25) is 0 Å². The molecule has 1 aliphatic carbocycles. The summed E-state index contributed by atoms with van der Waals surface area (Å²) in [6.45, 7) is 15.9. The molecule has 0 fully saturated rings. The van der Waals surface area contributed by atoms with Crippen molar-refractivity contribution < 1.29 is 9.47 Å². The first-order chi connectivity index (χ1) is 28.8. The summed E-state index contributed by atoms with van der Waals surface area (Å²) in [6.07, 6.45) is 25.7. The second kappa shape index (κ2) is 25.5. The van der Waals surface area contributed by atoms with Crippen molar-refractivity contribution in [1.29, 1.82) is 0 Å². The predicted octanol–water partition coefficient (Wildman–Crippen LogP) is 15.3. The standard InChI is InChI=1S/C40H38N2O.C8H10O.C7H12/c1-4-12-34(41-35-13-7-5-8-14-35)24-21-32(3)33-22-25-38(26-23-33)42(36-15-9-6-10-16-36)37-17-11-18-39(30-27-37)43-40-28-19-31(2)20-29-40;1-7-3-5-8(9-2)6-4-7;1-3-5-7-6-4-2/h4-16,18-30,32,41H,1,17H2,2-3H3;3-6H,1-2H3;3-4,6H,1,5,7H2,2H3/b24-21-,34-12+;;6-4-. The predicted molar refractivity (Wildman–Crippen MR) is 255 cm³/mol. The maximum absolute atomic E-state index is 6.15. The second-order valence-electron chi connectivity index (χ2n) is 14.0. The first kappa shape index (κ1) is 44.9. The summed E-state index contributed by atoms with van der Waals surface area (Å²) < 4.78 is 11.1. The van der Waals surface area contributed by atoms with Crippen LogP contribution in [0.25, 0.3) is 0 Å². The maximum Gasteiger partial charge on any atom is 0.127 e. The van der Waals surface area contributed by atoms with E-state index in [2.05, 4.69) is 159 Å². The number of aryl methyl sites for hydroxylation is 2. The van der Waals surface area contributed by atoms with Gasteiger partial charge in [0.25, 0.3) is 0 Å². The molecule has 0 bridgehead atoms. The number of rotatable bonds is 15. The van der Waals surface area contributed by atoms with Gasteiger partial charge in [0.2, 0.25) is 0 Å². The lowest BCUT2D eigenvalue weighted by Gasteiger charge is -2.27. The number of methoxy groups -OCH3 is 1. The van der Waals surface area contributed by atoms with Crippen LogP contribution in [0.5, 0.6) is 11.5 Å². The third kappa shape index (κ3) is 15.9. The number of allylic oxidation sites excluding steroid dienone is 11. The Hall–Kier alpha value is -6.78. The Bertz CT molecular complexity index is 2170. The molecule has 0 saturated carbocycles. The molecule has 4 heteroatoms. The van der Waals surface area contributed by atoms with Crippen LogP contribution in [0.15, 0.2) is 231 Å². The average Bonchev–Trinajstić information content (AvgIpc) is 3.51. The summed E-state index contributed by atoms with van der Waals surface area (Å²) in [5, 5.41) is 3.46. The Morgan fingerprint density at radius 3 is 1.95 bits per heavy atom. The summed E-state index contributed by atoms with van der Waals surface area (Å²) in [6, 6.07) is 45.6. The van der Waals surface area contributed by atoms with E-state index in [0.29, 0.717) is 0 Å². The maximum atomic E-state index is 6.15. The van der Waals surface area contributed by atoms with Crippen LogP contribution in [-0.2, 0) is 0 Å². The third-order valence-electron chi connectivity index (χ3n) is 9.24. The highest BCUT2D eigenvalue weighted by Gasteiger charge is 2.16. The van der Waals surface area contributed by atoms with E-state index < -0.39 is 0 Å². The van der Waals surface area contributed by atoms with E-state index in [4.69, 9.17) is 9.47 Å². The molecule has 0 heterocycles. The van der Waals surface area contributed by atoms with Crippen LogP contribution in [-0.4, -0.2) is 7.11 Å². The molecule has 302 valence electrons. The fraction of sp³-hybridized carbons (Fsp3) is 0.164. The van der Waals surface area contributed by atoms with Gasteiger partial charge in [0, 0.05) is 34.9 Å². The van der Waals surface area contributed by atoms with Crippen molar-refractivity contribution in [2.24, 2.45) is 0 Å². The Balaban J connectivity index is 0.000000401. The van der Waals surface area contributed by atoms with Crippen LogP contribution in [0, 0.1) is 13.8 Å². The molecule has 5 aromatic rings. The third-order valence-corrected chi connectivity index (χ3v) is 9.24. The smallest absolute Gasteiger partial charge is 0.127 e. The van der Waals surface area contributed by atoms with Crippen LogP contribution in [0.3, 0.4) is 0 Å². The zero-order valence-corrected chi connectivity index (χ0v) is 35.4. The molecule has 0 radical (unpaired) electrons. The van der Waals surface area contributed by atoms with Crippen molar-refractivity contribution in [3.05, 3.63) is 247 Å². The van der Waals surface area contributed by atoms with Crippen LogP contribution in [0.4, 0.5) is 17.1 Å². The summed E-state index contributed by atoms with van der Waals surface area (Å²) >= 11 is 0. The first-order valence-corrected chi connectivity index (χ1v) is 20.3. The Kier molecular flexibility index (Phi) is 19.4. The number of para-hydroxylation sites is 2. The average molecular weight is 781 g/mol. The molecular weight excluding hydrogens is 721 g/mol. The lowest BCUT2D eigenvalue weighted by Crippen LogP contribution is -2.16. The molecule has 0 saturated heterocycles. The topological polar surface area (TPSA) is 33.7 Å². The van der Waals surface area contributed by atoms with Gasteiger partial charge in [-0.05, 0) is 136 Å². The van der Waals surface area contributed by atoms with Gasteiger partial charge in [0.05, 0.1) is 7.11 Å². The number of benzene rings is 5. The minimum Gasteiger partial charge on any atom is -0.497 e. The van der Waals surface area contributed by atoms with Gasteiger partial charge < -0.3 is 19.7 Å². The van der Waals surface area contributed by atoms with E-state index in [1.807, 2.05) is 85.8 Å². The quantitative estimate of drug-likeness (QED) is 0.0652. The highest BCUT2D eigenvalue weighted by atomic mass is 16.5. The number of unbranched alkanes of at least 4 members (excludes halogenated alkanes) is 1. The normalized spacial score (nSPS) is 12.7. The fourth-order valence-electron chi connectivity index (χ4n) is 5.93. The molecule has 0 aromatic heterocycles. The molecule has 1 N–H and O–H groups in total. The SMILES string of the molecule is C=C/C=C(\C=C/C(C)c1ccc(N(C2=CC=C(Oc3ccc(C)cc3)C=CC2)c2ccccc2)cc1)Nc1ccccc1.C=CCC/C=C\C.COc1ccc(C)cc1. The number of hydrogen-bond donors (Lipinski definition) is 1. The number of ether oxygens (including phenoxy) is 2. The van der Waals surface area contributed by atoms with Crippen molar-refractivity contribution in [1.82, 2.24) is 0 Å². The van der Waals surface area contributed by atoms with Crippen molar-refractivity contribution in [2.75, 3.05) is 17.3 Å². The van der Waals surface area contributed by atoms with Crippen molar-refractivity contribution in [3.63, 3.8) is 0 Å². The van der Waals surface area contributed by atoms with Crippen molar-refractivity contribution in [2.45, 2.75) is 52.9 Å². The highest BCUT2D eigenvalue weighted by Crippen LogP contribution is 2.34. The minimum absolute atomic E-state index is 0.231. The van der Waals surface area contributed by atoms with Crippen LogP contribution < -0.4 is 19.7 Å². The van der Waals surface area contributed by atoms with E-state index in [1.165, 1.54) is 16.7 Å². The Morgan fingerprint density at radius 2 is 1.36 bits per heavy atom. The second-order valence-corrected chi connectivity index (χ2v) is 14.0. The number of nitrogens with zero attached hydrogens (tertiary/aromatic N) is 1. The lowest BCUT2D eigenvalue weighted by molar-refractivity contribution is 0.414. The zero-order valence-electron chi connectivity index (χ0n) is 35.4. The van der Waals surface area contributed by atoms with E-state index in [1.54, 1.807) is 13.2 Å². The Labute approximate surface area is 354 Å². The zero-order chi connectivity index (χ0) is 42.1. The van der Waals surface area contributed by atoms with Crippen molar-refractivity contribution in [3.8, 4) is 11.5 Å². The lowest BCUT2D eigenvalue weighted by atomic mass is 9.99. The Morgan fingerprint density at radius 1 is 0.746 bits per heavy atom. The summed E-state index contributed by atoms with van der Waals surface area (Å²) in [5.74, 6) is 2.80. The molecule has 0 amide bonds. The highest BCUT2D eigenvalue weighted by molar-refractivity contribution is 5.69. The van der Waals surface area contributed by atoms with Crippen LogP contribution >= 0.6 is 0 Å². The van der Waals surface area contributed by atoms with Crippen molar-refractivity contribution >= 4 is 17.1 Å². The fourth-order valence-corrected chi connectivity index (χ4v) is 5.93. The van der Waals surface area contributed by atoms with Gasteiger partial charge in [-0.2, -0.15) is 0 Å².